The topological polar surface area (TPSA) is 91.2 Å². The van der Waals surface area contributed by atoms with E-state index in [2.05, 4.69) is 20.8 Å². The Hall–Kier alpha value is -3.20. The first kappa shape index (κ1) is 18.2. The molecule has 2 aromatic carbocycles. The summed E-state index contributed by atoms with van der Waals surface area (Å²) in [6, 6.07) is 7.17. The van der Waals surface area contributed by atoms with Crippen LogP contribution in [0.4, 0.5) is 10.1 Å². The number of nitrogens with one attached hydrogen (secondary N) is 1. The number of ether oxygens (including phenoxy) is 2. The van der Waals surface area contributed by atoms with Gasteiger partial charge in [0.05, 0.1) is 29.6 Å². The van der Waals surface area contributed by atoms with Crippen LogP contribution in [0.3, 0.4) is 0 Å². The summed E-state index contributed by atoms with van der Waals surface area (Å²) in [7, 11) is 0. The van der Waals surface area contributed by atoms with Crippen molar-refractivity contribution in [2.45, 2.75) is 13.3 Å². The highest BCUT2D eigenvalue weighted by Crippen LogP contribution is 2.38. The summed E-state index contributed by atoms with van der Waals surface area (Å²) in [4.78, 5) is 12.7. The molecule has 0 radical (unpaired) electrons. The number of aromatic nitrogens is 4. The largest absolute Gasteiger partial charge is 0.489 e. The molecule has 4 rings (SSSR count). The predicted octanol–water partition coefficient (Wildman–Crippen LogP) is 3.18. The number of amides is 1. The van der Waals surface area contributed by atoms with Gasteiger partial charge in [-0.3, -0.25) is 4.79 Å². The molecule has 3 aromatic rings. The van der Waals surface area contributed by atoms with Gasteiger partial charge in [0.1, 0.15) is 5.82 Å². The molecule has 28 heavy (non-hydrogen) atoms. The summed E-state index contributed by atoms with van der Waals surface area (Å²) >= 11 is 6.22. The van der Waals surface area contributed by atoms with Crippen LogP contribution in [-0.2, 0) is 0 Å². The molecular weight excluding hydrogens is 389 g/mol. The highest BCUT2D eigenvalue weighted by atomic mass is 35.5. The summed E-state index contributed by atoms with van der Waals surface area (Å²) in [5.41, 5.74) is 0.717. The number of hydrogen-bond acceptors (Lipinski definition) is 6. The van der Waals surface area contributed by atoms with E-state index < -0.39 is 11.7 Å². The molecule has 1 aliphatic rings. The molecule has 10 heteroatoms. The number of nitrogens with zero attached hydrogens (tertiary/aromatic N) is 4. The van der Waals surface area contributed by atoms with Crippen molar-refractivity contribution < 1.29 is 18.7 Å². The lowest BCUT2D eigenvalue weighted by molar-refractivity contribution is 0.102. The van der Waals surface area contributed by atoms with Crippen LogP contribution >= 0.6 is 11.6 Å². The first-order valence-corrected chi connectivity index (χ1v) is 8.86. The molecule has 0 bridgehead atoms. The number of anilines is 1. The SMILES string of the molecule is Cc1nnnn1-c1ccc(F)c(NC(=O)c2cc(Cl)c3c(c2)OCCCO3)c1. The minimum Gasteiger partial charge on any atom is -0.489 e. The molecule has 1 N–H and O–H groups in total. The first-order valence-electron chi connectivity index (χ1n) is 8.48. The van der Waals surface area contributed by atoms with Crippen LogP contribution in [0.1, 0.15) is 22.6 Å². The quantitative estimate of drug-likeness (QED) is 0.722. The van der Waals surface area contributed by atoms with Gasteiger partial charge >= 0.3 is 0 Å². The molecule has 0 aliphatic carbocycles. The molecule has 0 saturated heterocycles. The number of fused-ring (bicyclic) bond motifs is 1. The second-order valence-corrected chi connectivity index (χ2v) is 6.50. The van der Waals surface area contributed by atoms with E-state index in [0.717, 1.165) is 0 Å². The molecule has 8 nitrogen and oxygen atoms in total. The van der Waals surface area contributed by atoms with Crippen LogP contribution in [0.25, 0.3) is 5.69 Å². The maximum Gasteiger partial charge on any atom is 0.255 e. The van der Waals surface area contributed by atoms with Crippen molar-refractivity contribution in [2.24, 2.45) is 0 Å². The lowest BCUT2D eigenvalue weighted by atomic mass is 10.1. The van der Waals surface area contributed by atoms with Gasteiger partial charge in [-0.25, -0.2) is 4.39 Å². The molecule has 0 fully saturated rings. The molecule has 1 aliphatic heterocycles. The fourth-order valence-electron chi connectivity index (χ4n) is 2.77. The van der Waals surface area contributed by atoms with E-state index in [1.165, 1.54) is 35.0 Å². The Kier molecular flexibility index (Phi) is 4.82. The normalized spacial score (nSPS) is 13.1. The van der Waals surface area contributed by atoms with E-state index in [4.69, 9.17) is 21.1 Å². The van der Waals surface area contributed by atoms with Gasteiger partial charge in [-0.15, -0.1) is 5.10 Å². The number of carbonyl (C=O) groups is 1. The minimum atomic E-state index is -0.594. The van der Waals surface area contributed by atoms with Gasteiger partial charge < -0.3 is 14.8 Å². The number of tetrazole rings is 1. The Balaban J connectivity index is 1.63. The summed E-state index contributed by atoms with van der Waals surface area (Å²) in [6.45, 7) is 2.64. The second-order valence-electron chi connectivity index (χ2n) is 6.09. The number of hydrogen-bond donors (Lipinski definition) is 1. The monoisotopic (exact) mass is 403 g/mol. The van der Waals surface area contributed by atoms with Gasteiger partial charge in [-0.1, -0.05) is 11.6 Å². The van der Waals surface area contributed by atoms with E-state index >= 15 is 0 Å². The average Bonchev–Trinajstić information content (AvgIpc) is 2.96. The Morgan fingerprint density at radius 3 is 2.86 bits per heavy atom. The van der Waals surface area contributed by atoms with Crippen molar-refractivity contribution >= 4 is 23.2 Å². The van der Waals surface area contributed by atoms with E-state index in [0.29, 0.717) is 42.6 Å². The van der Waals surface area contributed by atoms with Crippen LogP contribution in [0.15, 0.2) is 30.3 Å². The lowest BCUT2D eigenvalue weighted by Crippen LogP contribution is -2.14. The standard InChI is InChI=1S/C18H15ClFN5O3/c1-10-22-23-24-25(10)12-3-4-14(20)15(9-12)21-18(26)11-7-13(19)17-16(8-11)27-5-2-6-28-17/h3-4,7-9H,2,5-6H2,1H3,(H,21,26). The number of rotatable bonds is 3. The zero-order chi connectivity index (χ0) is 19.7. The Morgan fingerprint density at radius 1 is 1.25 bits per heavy atom. The first-order chi connectivity index (χ1) is 13.5. The van der Waals surface area contributed by atoms with Gasteiger partial charge in [-0.05, 0) is 47.7 Å². The summed E-state index contributed by atoms with van der Waals surface area (Å²) in [5.74, 6) is 0.176. The third kappa shape index (κ3) is 3.48. The van der Waals surface area contributed by atoms with E-state index in [9.17, 15) is 9.18 Å². The van der Waals surface area contributed by atoms with Crippen molar-refractivity contribution in [3.8, 4) is 17.2 Å². The van der Waals surface area contributed by atoms with Crippen LogP contribution < -0.4 is 14.8 Å². The third-order valence-electron chi connectivity index (χ3n) is 4.13. The zero-order valence-corrected chi connectivity index (χ0v) is 15.5. The van der Waals surface area contributed by atoms with Crippen molar-refractivity contribution in [2.75, 3.05) is 18.5 Å². The van der Waals surface area contributed by atoms with Gasteiger partial charge in [0, 0.05) is 12.0 Å². The maximum absolute atomic E-state index is 14.2. The molecule has 0 unspecified atom stereocenters. The van der Waals surface area contributed by atoms with Crippen molar-refractivity contribution in [3.63, 3.8) is 0 Å². The number of aryl methyl sites for hydroxylation is 1. The molecule has 144 valence electrons. The Bertz CT molecular complexity index is 1060. The number of halogens is 2. The van der Waals surface area contributed by atoms with Gasteiger partial charge in [0.25, 0.3) is 5.91 Å². The molecular formula is C18H15ClFN5O3. The van der Waals surface area contributed by atoms with Gasteiger partial charge in [0.2, 0.25) is 0 Å². The van der Waals surface area contributed by atoms with Crippen LogP contribution in [-0.4, -0.2) is 39.3 Å². The molecule has 0 saturated carbocycles. The second kappa shape index (κ2) is 7.43. The Morgan fingerprint density at radius 2 is 2.07 bits per heavy atom. The van der Waals surface area contributed by atoms with Crippen molar-refractivity contribution in [1.82, 2.24) is 20.2 Å². The molecule has 0 spiro atoms. The minimum absolute atomic E-state index is 0.0133. The summed E-state index contributed by atoms with van der Waals surface area (Å²) in [6.07, 6.45) is 0.709. The van der Waals surface area contributed by atoms with Crippen molar-refractivity contribution in [1.29, 1.82) is 0 Å². The van der Waals surface area contributed by atoms with Crippen LogP contribution in [0, 0.1) is 12.7 Å². The van der Waals surface area contributed by atoms with E-state index in [-0.39, 0.29) is 16.3 Å². The average molecular weight is 404 g/mol. The van der Waals surface area contributed by atoms with Crippen molar-refractivity contribution in [3.05, 3.63) is 52.6 Å². The van der Waals surface area contributed by atoms with E-state index in [1.807, 2.05) is 0 Å². The smallest absolute Gasteiger partial charge is 0.255 e. The maximum atomic E-state index is 14.2. The molecule has 1 amide bonds. The predicted molar refractivity (Wildman–Crippen MR) is 98.9 cm³/mol. The van der Waals surface area contributed by atoms with Crippen LogP contribution in [0.5, 0.6) is 11.5 Å². The lowest BCUT2D eigenvalue weighted by Gasteiger charge is -2.12. The molecule has 0 atom stereocenters. The fourth-order valence-corrected chi connectivity index (χ4v) is 3.03. The highest BCUT2D eigenvalue weighted by molar-refractivity contribution is 6.32. The third-order valence-corrected chi connectivity index (χ3v) is 4.41. The summed E-state index contributed by atoms with van der Waals surface area (Å²) in [5, 5.41) is 14.0. The van der Waals surface area contributed by atoms with Crippen LogP contribution in [0.2, 0.25) is 5.02 Å². The zero-order valence-electron chi connectivity index (χ0n) is 14.8. The highest BCUT2D eigenvalue weighted by Gasteiger charge is 2.19. The fraction of sp³-hybridized carbons (Fsp3) is 0.222. The Labute approximate surface area is 164 Å². The summed E-state index contributed by atoms with van der Waals surface area (Å²) < 4.78 is 26.8. The van der Waals surface area contributed by atoms with Gasteiger partial charge in [0.15, 0.2) is 17.3 Å². The molecule has 1 aromatic heterocycles. The molecule has 2 heterocycles. The number of carbonyl (C=O) groups excluding carboxylic acids is 1. The number of benzene rings is 2. The van der Waals surface area contributed by atoms with Gasteiger partial charge in [-0.2, -0.15) is 4.68 Å². The van der Waals surface area contributed by atoms with E-state index in [1.54, 1.807) is 6.92 Å².